The lowest BCUT2D eigenvalue weighted by atomic mass is 10.3. The molecule has 0 aliphatic carbocycles. The summed E-state index contributed by atoms with van der Waals surface area (Å²) in [6.45, 7) is 3.72. The van der Waals surface area contributed by atoms with Crippen molar-refractivity contribution < 1.29 is 7.48 Å². The minimum Gasteiger partial charge on any atom is -0.374 e. The average molecular weight is 167 g/mol. The van der Waals surface area contributed by atoms with Crippen LogP contribution in [0.2, 0.25) is 0 Å². The Labute approximate surface area is 76.4 Å². The second-order valence-electron chi connectivity index (χ2n) is 2.96. The van der Waals surface area contributed by atoms with Gasteiger partial charge in [0.25, 0.3) is 0 Å². The van der Waals surface area contributed by atoms with Crippen molar-refractivity contribution in [2.75, 3.05) is 0 Å². The zero-order valence-corrected chi connectivity index (χ0v) is 7.66. The second-order valence-corrected chi connectivity index (χ2v) is 2.96. The molecule has 0 aromatic carbocycles. The summed E-state index contributed by atoms with van der Waals surface area (Å²) in [6.07, 6.45) is 1.36. The van der Waals surface area contributed by atoms with E-state index in [1.165, 1.54) is 6.20 Å². The minimum absolute atomic E-state index is 0.147. The maximum atomic E-state index is 7.67. The molecule has 1 aromatic rings. The van der Waals surface area contributed by atoms with Gasteiger partial charge >= 0.3 is 0 Å². The fourth-order valence-corrected chi connectivity index (χ4v) is 0.714. The fourth-order valence-electron chi connectivity index (χ4n) is 0.714. The number of rotatable bonds is 3. The third-order valence-electron chi connectivity index (χ3n) is 1.32. The van der Waals surface area contributed by atoms with E-state index in [2.05, 4.69) is 4.98 Å². The fraction of sp³-hybridized carbons (Fsp3) is 0.500. The summed E-state index contributed by atoms with van der Waals surface area (Å²) in [5.74, 6) is 0. The van der Waals surface area contributed by atoms with Crippen LogP contribution < -0.4 is 0 Å². The van der Waals surface area contributed by atoms with Crippen molar-refractivity contribution in [1.82, 2.24) is 4.98 Å². The highest BCUT2D eigenvalue weighted by molar-refractivity contribution is 5.11. The molecule has 1 heterocycles. The van der Waals surface area contributed by atoms with E-state index in [1.54, 1.807) is 26.0 Å². The van der Waals surface area contributed by atoms with Gasteiger partial charge in [-0.15, -0.1) is 0 Å². The number of aryl methyl sites for hydroxylation is 1. The van der Waals surface area contributed by atoms with Gasteiger partial charge in [0.2, 0.25) is 0 Å². The molecule has 1 rings (SSSR count). The predicted octanol–water partition coefficient (Wildman–Crippen LogP) is 2.32. The molecule has 0 aliphatic heterocycles. The van der Waals surface area contributed by atoms with Crippen LogP contribution in [0.25, 0.3) is 0 Å². The highest BCUT2D eigenvalue weighted by Crippen LogP contribution is 2.02. The third kappa shape index (κ3) is 3.01. The van der Waals surface area contributed by atoms with Crippen molar-refractivity contribution in [1.29, 1.82) is 0 Å². The SMILES string of the molecule is [2H]C([2H])(OC(C)C)c1ccc(C)nc1. The van der Waals surface area contributed by atoms with Crippen LogP contribution in [0.3, 0.4) is 0 Å². The van der Waals surface area contributed by atoms with Crippen molar-refractivity contribution >= 4 is 0 Å². The van der Waals surface area contributed by atoms with Gasteiger partial charge in [-0.1, -0.05) is 6.07 Å². The zero-order valence-electron chi connectivity index (χ0n) is 9.66. The average Bonchev–Trinajstić information content (AvgIpc) is 2.02. The summed E-state index contributed by atoms with van der Waals surface area (Å²) in [5, 5.41) is 0. The van der Waals surface area contributed by atoms with Crippen LogP contribution in [0.4, 0.5) is 0 Å². The molecule has 0 atom stereocenters. The summed E-state index contributed by atoms with van der Waals surface area (Å²) in [5.41, 5.74) is 1.32. The van der Waals surface area contributed by atoms with Crippen LogP contribution >= 0.6 is 0 Å². The topological polar surface area (TPSA) is 22.1 Å². The maximum Gasteiger partial charge on any atom is 0.0735 e. The van der Waals surface area contributed by atoms with Crippen LogP contribution in [0, 0.1) is 6.92 Å². The Balaban J connectivity index is 2.86. The van der Waals surface area contributed by atoms with E-state index in [9.17, 15) is 0 Å². The smallest absolute Gasteiger partial charge is 0.0735 e. The Morgan fingerprint density at radius 2 is 2.33 bits per heavy atom. The number of hydrogen-bond donors (Lipinski definition) is 0. The molecule has 12 heavy (non-hydrogen) atoms. The summed E-state index contributed by atoms with van der Waals surface area (Å²) < 4.78 is 20.5. The monoisotopic (exact) mass is 167 g/mol. The van der Waals surface area contributed by atoms with Gasteiger partial charge in [-0.05, 0) is 32.4 Å². The lowest BCUT2D eigenvalue weighted by Crippen LogP contribution is -2.02. The number of hydrogen-bond acceptors (Lipinski definition) is 2. The van der Waals surface area contributed by atoms with Gasteiger partial charge in [0.05, 0.1) is 15.4 Å². The maximum absolute atomic E-state index is 7.67. The van der Waals surface area contributed by atoms with E-state index in [1.807, 2.05) is 6.92 Å². The number of ether oxygens (including phenoxy) is 1. The van der Waals surface area contributed by atoms with E-state index >= 15 is 0 Å². The number of nitrogens with zero attached hydrogens (tertiary/aromatic N) is 1. The first kappa shape index (κ1) is 6.61. The molecule has 0 fully saturated rings. The lowest BCUT2D eigenvalue weighted by molar-refractivity contribution is 0.0655. The van der Waals surface area contributed by atoms with Gasteiger partial charge in [0.1, 0.15) is 0 Å². The van der Waals surface area contributed by atoms with Crippen LogP contribution in [0.15, 0.2) is 18.3 Å². The van der Waals surface area contributed by atoms with E-state index in [-0.39, 0.29) is 6.10 Å². The third-order valence-corrected chi connectivity index (χ3v) is 1.32. The zero-order chi connectivity index (χ0) is 10.8. The standard InChI is InChI=1S/C10H15NO/c1-8(2)12-7-10-5-4-9(3)11-6-10/h4-6,8H,7H2,1-3H3/i7D2. The van der Waals surface area contributed by atoms with Gasteiger partial charge in [0, 0.05) is 11.9 Å². The van der Waals surface area contributed by atoms with E-state index in [4.69, 9.17) is 7.48 Å². The molecular weight excluding hydrogens is 150 g/mol. The molecule has 0 aliphatic rings. The number of pyridine rings is 1. The summed E-state index contributed by atoms with van der Waals surface area (Å²) in [7, 11) is 0. The molecule has 0 saturated heterocycles. The molecule has 0 N–H and O–H groups in total. The molecule has 0 unspecified atom stereocenters. The molecule has 2 heteroatoms. The van der Waals surface area contributed by atoms with E-state index in [0.29, 0.717) is 5.56 Å². The molecule has 0 spiro atoms. The van der Waals surface area contributed by atoms with Crippen LogP contribution in [-0.2, 0) is 11.3 Å². The summed E-state index contributed by atoms with van der Waals surface area (Å²) >= 11 is 0. The molecule has 66 valence electrons. The van der Waals surface area contributed by atoms with E-state index in [0.717, 1.165) is 5.69 Å². The summed E-state index contributed by atoms with van der Waals surface area (Å²) in [6, 6.07) is 3.47. The highest BCUT2D eigenvalue weighted by atomic mass is 16.5. The lowest BCUT2D eigenvalue weighted by Gasteiger charge is -2.06. The Morgan fingerprint density at radius 1 is 1.58 bits per heavy atom. The molecule has 0 radical (unpaired) electrons. The minimum atomic E-state index is -1.76. The molecule has 0 saturated carbocycles. The largest absolute Gasteiger partial charge is 0.374 e. The molecular formula is C10H15NO. The van der Waals surface area contributed by atoms with Gasteiger partial charge in [-0.3, -0.25) is 4.98 Å². The van der Waals surface area contributed by atoms with E-state index < -0.39 is 6.56 Å². The van der Waals surface area contributed by atoms with Gasteiger partial charge in [-0.2, -0.15) is 0 Å². The quantitative estimate of drug-likeness (QED) is 0.689. The molecule has 1 aromatic heterocycles. The van der Waals surface area contributed by atoms with Crippen LogP contribution in [0.5, 0.6) is 0 Å². The van der Waals surface area contributed by atoms with Gasteiger partial charge in [-0.25, -0.2) is 0 Å². The van der Waals surface area contributed by atoms with Crippen molar-refractivity contribution in [2.24, 2.45) is 0 Å². The predicted molar refractivity (Wildman–Crippen MR) is 48.9 cm³/mol. The summed E-state index contributed by atoms with van der Waals surface area (Å²) in [4.78, 5) is 4.03. The Hall–Kier alpha value is -0.890. The van der Waals surface area contributed by atoms with Crippen molar-refractivity contribution in [3.63, 3.8) is 0 Å². The van der Waals surface area contributed by atoms with Crippen LogP contribution in [0.1, 0.15) is 27.8 Å². The molecule has 0 amide bonds. The van der Waals surface area contributed by atoms with Crippen molar-refractivity contribution in [3.8, 4) is 0 Å². The highest BCUT2D eigenvalue weighted by Gasteiger charge is 1.95. The first-order chi connectivity index (χ1) is 6.42. The second kappa shape index (κ2) is 4.21. The Morgan fingerprint density at radius 3 is 2.83 bits per heavy atom. The van der Waals surface area contributed by atoms with Gasteiger partial charge in [0.15, 0.2) is 0 Å². The first-order valence-corrected chi connectivity index (χ1v) is 4.03. The molecule has 0 bridgehead atoms. The van der Waals surface area contributed by atoms with Crippen LogP contribution in [-0.4, -0.2) is 11.1 Å². The van der Waals surface area contributed by atoms with Crippen molar-refractivity contribution in [3.05, 3.63) is 29.6 Å². The molecule has 2 nitrogen and oxygen atoms in total. The number of aromatic nitrogens is 1. The van der Waals surface area contributed by atoms with Crippen molar-refractivity contribution in [2.45, 2.75) is 33.4 Å². The Bertz CT molecular complexity index is 295. The first-order valence-electron chi connectivity index (χ1n) is 5.03. The normalized spacial score (nSPS) is 14.3. The Kier molecular flexibility index (Phi) is 2.32. The van der Waals surface area contributed by atoms with Gasteiger partial charge < -0.3 is 4.74 Å².